The number of hydrogen-bond donors (Lipinski definition) is 1. The molecule has 1 heterocycles. The van der Waals surface area contributed by atoms with Crippen LogP contribution in [0.5, 0.6) is 0 Å². The fourth-order valence-corrected chi connectivity index (χ4v) is 3.77. The number of nitrogens with one attached hydrogen (secondary N) is 1. The largest absolute Gasteiger partial charge is 0.472 e. The molecule has 114 valence electrons. The Morgan fingerprint density at radius 1 is 1.40 bits per heavy atom. The monoisotopic (exact) mass is 278 g/mol. The van der Waals surface area contributed by atoms with Crippen molar-refractivity contribution in [1.29, 1.82) is 0 Å². The summed E-state index contributed by atoms with van der Waals surface area (Å²) in [5, 5.41) is 3.54. The van der Waals surface area contributed by atoms with Crippen molar-refractivity contribution in [3.8, 4) is 0 Å². The second-order valence-corrected chi connectivity index (χ2v) is 6.45. The van der Waals surface area contributed by atoms with Gasteiger partial charge in [0.15, 0.2) is 0 Å². The summed E-state index contributed by atoms with van der Waals surface area (Å²) in [5.41, 5.74) is 1.27. The lowest BCUT2D eigenvalue weighted by Crippen LogP contribution is -2.43. The van der Waals surface area contributed by atoms with Crippen molar-refractivity contribution in [1.82, 2.24) is 10.2 Å². The van der Waals surface area contributed by atoms with E-state index >= 15 is 0 Å². The molecule has 0 spiro atoms. The molecule has 1 aromatic rings. The fourth-order valence-electron chi connectivity index (χ4n) is 3.77. The van der Waals surface area contributed by atoms with Crippen LogP contribution in [0.1, 0.15) is 44.6 Å². The highest BCUT2D eigenvalue weighted by Crippen LogP contribution is 2.32. The molecule has 0 bridgehead atoms. The van der Waals surface area contributed by atoms with E-state index in [1.807, 2.05) is 6.26 Å². The summed E-state index contributed by atoms with van der Waals surface area (Å²) in [4.78, 5) is 2.44. The van der Waals surface area contributed by atoms with Crippen molar-refractivity contribution >= 4 is 0 Å². The maximum absolute atomic E-state index is 5.16. The molecule has 20 heavy (non-hydrogen) atoms. The first-order valence-electron chi connectivity index (χ1n) is 8.09. The molecule has 0 amide bonds. The van der Waals surface area contributed by atoms with Gasteiger partial charge in [-0.3, -0.25) is 0 Å². The van der Waals surface area contributed by atoms with E-state index in [9.17, 15) is 0 Å². The third-order valence-electron chi connectivity index (χ3n) is 4.74. The molecular weight excluding hydrogens is 248 g/mol. The molecule has 3 heteroatoms. The third-order valence-corrected chi connectivity index (χ3v) is 4.74. The van der Waals surface area contributed by atoms with Gasteiger partial charge in [-0.05, 0) is 51.3 Å². The van der Waals surface area contributed by atoms with E-state index in [1.54, 1.807) is 6.26 Å². The van der Waals surface area contributed by atoms with Crippen LogP contribution in [0.2, 0.25) is 0 Å². The minimum absolute atomic E-state index is 0.690. The zero-order chi connectivity index (χ0) is 14.4. The van der Waals surface area contributed by atoms with Crippen molar-refractivity contribution in [2.75, 3.05) is 20.6 Å². The van der Waals surface area contributed by atoms with Gasteiger partial charge in [0.1, 0.15) is 0 Å². The molecular formula is C17H30N2O. The first-order valence-corrected chi connectivity index (χ1v) is 8.09. The van der Waals surface area contributed by atoms with Crippen molar-refractivity contribution in [3.05, 3.63) is 24.2 Å². The summed E-state index contributed by atoms with van der Waals surface area (Å²) < 4.78 is 5.16. The zero-order valence-electron chi connectivity index (χ0n) is 13.3. The third kappa shape index (κ3) is 4.35. The Hall–Kier alpha value is -0.800. The van der Waals surface area contributed by atoms with Crippen LogP contribution in [-0.2, 0) is 6.54 Å². The molecule has 0 radical (unpaired) electrons. The van der Waals surface area contributed by atoms with E-state index in [-0.39, 0.29) is 0 Å². The molecule has 0 aliphatic heterocycles. The topological polar surface area (TPSA) is 28.4 Å². The Balaban J connectivity index is 1.86. The van der Waals surface area contributed by atoms with Crippen molar-refractivity contribution in [2.45, 2.75) is 51.6 Å². The van der Waals surface area contributed by atoms with Crippen LogP contribution in [-0.4, -0.2) is 31.6 Å². The highest BCUT2D eigenvalue weighted by molar-refractivity contribution is 5.04. The lowest BCUT2D eigenvalue weighted by molar-refractivity contribution is 0.150. The Morgan fingerprint density at radius 3 is 2.90 bits per heavy atom. The first-order chi connectivity index (χ1) is 9.72. The second kappa shape index (κ2) is 7.84. The Labute approximate surface area is 123 Å². The highest BCUT2D eigenvalue weighted by atomic mass is 16.3. The summed E-state index contributed by atoms with van der Waals surface area (Å²) in [7, 11) is 4.34. The average molecular weight is 278 g/mol. The Morgan fingerprint density at radius 2 is 2.25 bits per heavy atom. The van der Waals surface area contributed by atoms with E-state index in [0.717, 1.165) is 18.4 Å². The Bertz CT molecular complexity index is 363. The van der Waals surface area contributed by atoms with Crippen LogP contribution in [0.3, 0.4) is 0 Å². The zero-order valence-corrected chi connectivity index (χ0v) is 13.3. The van der Waals surface area contributed by atoms with E-state index in [2.05, 4.69) is 37.3 Å². The predicted octanol–water partition coefficient (Wildman–Crippen LogP) is 3.52. The van der Waals surface area contributed by atoms with Gasteiger partial charge < -0.3 is 14.6 Å². The van der Waals surface area contributed by atoms with Crippen LogP contribution in [0.15, 0.2) is 23.0 Å². The molecule has 0 saturated heterocycles. The maximum atomic E-state index is 5.16. The number of nitrogens with zero attached hydrogens (tertiary/aromatic N) is 1. The lowest BCUT2D eigenvalue weighted by atomic mass is 9.76. The van der Waals surface area contributed by atoms with Crippen LogP contribution in [0, 0.1) is 11.8 Å². The molecule has 1 aromatic heterocycles. The average Bonchev–Trinajstić information content (AvgIpc) is 2.92. The van der Waals surface area contributed by atoms with E-state index in [4.69, 9.17) is 4.42 Å². The van der Waals surface area contributed by atoms with Gasteiger partial charge in [-0.2, -0.15) is 0 Å². The van der Waals surface area contributed by atoms with Gasteiger partial charge >= 0.3 is 0 Å². The van der Waals surface area contributed by atoms with Gasteiger partial charge in [0.05, 0.1) is 12.5 Å². The van der Waals surface area contributed by atoms with Gasteiger partial charge in [0, 0.05) is 24.7 Å². The Kier molecular flexibility index (Phi) is 6.11. The quantitative estimate of drug-likeness (QED) is 0.827. The standard InChI is InChI=1S/C17H30N2O/c1-4-5-14-6-7-17(18-2)16(10-14)12-19(3)11-15-8-9-20-13-15/h8-9,13-14,16-18H,4-7,10-12H2,1-3H3. The van der Waals surface area contributed by atoms with Gasteiger partial charge in [-0.1, -0.05) is 19.8 Å². The van der Waals surface area contributed by atoms with Crippen molar-refractivity contribution < 1.29 is 4.42 Å². The van der Waals surface area contributed by atoms with Gasteiger partial charge in [0.25, 0.3) is 0 Å². The molecule has 1 fully saturated rings. The number of hydrogen-bond acceptors (Lipinski definition) is 3. The van der Waals surface area contributed by atoms with E-state index in [0.29, 0.717) is 6.04 Å². The molecule has 3 nitrogen and oxygen atoms in total. The molecule has 1 saturated carbocycles. The molecule has 3 atom stereocenters. The minimum Gasteiger partial charge on any atom is -0.472 e. The van der Waals surface area contributed by atoms with Crippen molar-refractivity contribution in [3.63, 3.8) is 0 Å². The van der Waals surface area contributed by atoms with Crippen LogP contribution < -0.4 is 5.32 Å². The van der Waals surface area contributed by atoms with Gasteiger partial charge in [0.2, 0.25) is 0 Å². The summed E-state index contributed by atoms with van der Waals surface area (Å²) in [6.45, 7) is 4.48. The van der Waals surface area contributed by atoms with Crippen LogP contribution in [0.4, 0.5) is 0 Å². The molecule has 1 aliphatic rings. The smallest absolute Gasteiger partial charge is 0.0947 e. The number of rotatable bonds is 7. The van der Waals surface area contributed by atoms with Gasteiger partial charge in [-0.25, -0.2) is 0 Å². The minimum atomic E-state index is 0.690. The fraction of sp³-hybridized carbons (Fsp3) is 0.765. The maximum Gasteiger partial charge on any atom is 0.0947 e. The predicted molar refractivity (Wildman–Crippen MR) is 83.6 cm³/mol. The van der Waals surface area contributed by atoms with Crippen LogP contribution >= 0.6 is 0 Å². The molecule has 2 rings (SSSR count). The summed E-state index contributed by atoms with van der Waals surface area (Å²) in [6, 6.07) is 2.75. The number of furan rings is 1. The molecule has 1 aliphatic carbocycles. The lowest BCUT2D eigenvalue weighted by Gasteiger charge is -2.38. The van der Waals surface area contributed by atoms with E-state index < -0.39 is 0 Å². The summed E-state index contributed by atoms with van der Waals surface area (Å²) in [5.74, 6) is 1.72. The second-order valence-electron chi connectivity index (χ2n) is 6.45. The highest BCUT2D eigenvalue weighted by Gasteiger charge is 2.29. The summed E-state index contributed by atoms with van der Waals surface area (Å²) >= 11 is 0. The normalized spacial score (nSPS) is 27.1. The van der Waals surface area contributed by atoms with E-state index in [1.165, 1.54) is 44.2 Å². The molecule has 1 N–H and O–H groups in total. The van der Waals surface area contributed by atoms with Gasteiger partial charge in [-0.15, -0.1) is 0 Å². The molecule has 3 unspecified atom stereocenters. The summed E-state index contributed by atoms with van der Waals surface area (Å²) in [6.07, 6.45) is 10.5. The van der Waals surface area contributed by atoms with Crippen LogP contribution in [0.25, 0.3) is 0 Å². The molecule has 0 aromatic carbocycles. The van der Waals surface area contributed by atoms with Crippen molar-refractivity contribution in [2.24, 2.45) is 11.8 Å². The SMILES string of the molecule is CCCC1CCC(NC)C(CN(C)Cc2ccoc2)C1. The first kappa shape index (κ1) is 15.6.